The minimum Gasteiger partial charge on any atom is -0.350 e. The zero-order valence-corrected chi connectivity index (χ0v) is 14.9. The van der Waals surface area contributed by atoms with Gasteiger partial charge in [-0.15, -0.1) is 0 Å². The first-order chi connectivity index (χ1) is 12.6. The number of hydrogen-bond donors (Lipinski definition) is 2. The van der Waals surface area contributed by atoms with Gasteiger partial charge in [-0.25, -0.2) is 9.97 Å². The third-order valence-electron chi connectivity index (χ3n) is 3.99. The zero-order valence-electron chi connectivity index (χ0n) is 14.9. The molecule has 132 valence electrons. The topological polar surface area (TPSA) is 79.8 Å². The number of benzene rings is 1. The van der Waals surface area contributed by atoms with Crippen LogP contribution in [0.15, 0.2) is 54.9 Å². The van der Waals surface area contributed by atoms with E-state index in [4.69, 9.17) is 0 Å². The molecule has 2 heterocycles. The fourth-order valence-electron chi connectivity index (χ4n) is 2.52. The van der Waals surface area contributed by atoms with E-state index in [9.17, 15) is 4.79 Å². The molecule has 2 aromatic heterocycles. The number of amides is 1. The zero-order chi connectivity index (χ0) is 18.4. The fourth-order valence-corrected chi connectivity index (χ4v) is 2.52. The lowest BCUT2D eigenvalue weighted by Crippen LogP contribution is -2.24. The van der Waals surface area contributed by atoms with Crippen LogP contribution < -0.4 is 10.6 Å². The number of rotatable bonds is 6. The second-order valence-corrected chi connectivity index (χ2v) is 6.04. The van der Waals surface area contributed by atoms with E-state index < -0.39 is 0 Å². The Balaban J connectivity index is 1.67. The maximum Gasteiger partial charge on any atom is 0.270 e. The number of aryl methyl sites for hydroxylation is 2. The van der Waals surface area contributed by atoms with Gasteiger partial charge < -0.3 is 10.6 Å². The molecule has 0 bridgehead atoms. The fraction of sp³-hybridized carbons (Fsp3) is 0.200. The largest absolute Gasteiger partial charge is 0.350 e. The normalized spacial score (nSPS) is 10.4. The lowest BCUT2D eigenvalue weighted by atomic mass is 10.1. The Morgan fingerprint density at radius 3 is 2.54 bits per heavy atom. The molecule has 0 atom stereocenters. The average Bonchev–Trinajstić information content (AvgIpc) is 2.66. The van der Waals surface area contributed by atoms with Gasteiger partial charge in [0.25, 0.3) is 5.91 Å². The summed E-state index contributed by atoms with van der Waals surface area (Å²) in [5.74, 6) is 0.216. The number of pyridine rings is 1. The van der Waals surface area contributed by atoms with Crippen molar-refractivity contribution in [2.75, 3.05) is 5.32 Å². The molecule has 26 heavy (non-hydrogen) atoms. The molecule has 1 amide bonds. The Hall–Kier alpha value is -3.28. The minimum absolute atomic E-state index is 0.230. The number of anilines is 1. The van der Waals surface area contributed by atoms with Crippen LogP contribution in [0.3, 0.4) is 0 Å². The molecule has 3 rings (SSSR count). The molecule has 1 aromatic carbocycles. The molecule has 6 nitrogen and oxygen atoms in total. The summed E-state index contributed by atoms with van der Waals surface area (Å²) in [6.07, 6.45) is 3.40. The van der Waals surface area contributed by atoms with Gasteiger partial charge in [-0.05, 0) is 48.7 Å². The lowest BCUT2D eigenvalue weighted by Gasteiger charge is -2.10. The quantitative estimate of drug-likeness (QED) is 0.716. The molecule has 3 aromatic rings. The highest BCUT2D eigenvalue weighted by Gasteiger charge is 2.10. The van der Waals surface area contributed by atoms with Crippen molar-refractivity contribution in [1.29, 1.82) is 0 Å². The molecular formula is C20H21N5O. The van der Waals surface area contributed by atoms with Crippen LogP contribution in [0, 0.1) is 13.8 Å². The maximum absolute atomic E-state index is 12.4. The van der Waals surface area contributed by atoms with Gasteiger partial charge in [0.2, 0.25) is 5.95 Å². The van der Waals surface area contributed by atoms with Gasteiger partial charge in [-0.3, -0.25) is 9.78 Å². The molecule has 6 heteroatoms. The van der Waals surface area contributed by atoms with Crippen molar-refractivity contribution in [1.82, 2.24) is 20.3 Å². The van der Waals surface area contributed by atoms with E-state index >= 15 is 0 Å². The molecule has 0 aliphatic rings. The average molecular weight is 347 g/mol. The van der Waals surface area contributed by atoms with E-state index in [2.05, 4.69) is 44.6 Å². The van der Waals surface area contributed by atoms with Crippen molar-refractivity contribution in [3.8, 4) is 0 Å². The Bertz CT molecular complexity index is 896. The number of carbonyl (C=O) groups excluding carboxylic acids is 1. The van der Waals surface area contributed by atoms with Gasteiger partial charge in [-0.1, -0.05) is 24.3 Å². The summed E-state index contributed by atoms with van der Waals surface area (Å²) >= 11 is 0. The van der Waals surface area contributed by atoms with Crippen LogP contribution in [0.25, 0.3) is 0 Å². The van der Waals surface area contributed by atoms with E-state index in [1.807, 2.05) is 31.2 Å². The van der Waals surface area contributed by atoms with Crippen LogP contribution >= 0.6 is 0 Å². The summed E-state index contributed by atoms with van der Waals surface area (Å²) in [4.78, 5) is 25.1. The molecule has 0 saturated carbocycles. The maximum atomic E-state index is 12.4. The molecule has 0 saturated heterocycles. The molecule has 0 radical (unpaired) electrons. The highest BCUT2D eigenvalue weighted by Crippen LogP contribution is 2.11. The smallest absolute Gasteiger partial charge is 0.270 e. The van der Waals surface area contributed by atoms with Gasteiger partial charge in [0.05, 0.1) is 0 Å². The highest BCUT2D eigenvalue weighted by atomic mass is 16.1. The second kappa shape index (κ2) is 8.20. The first kappa shape index (κ1) is 17.5. The van der Waals surface area contributed by atoms with E-state index in [0.29, 0.717) is 24.7 Å². The summed E-state index contributed by atoms with van der Waals surface area (Å²) in [7, 11) is 0. The summed E-state index contributed by atoms with van der Waals surface area (Å²) in [5.41, 5.74) is 4.43. The van der Waals surface area contributed by atoms with Crippen molar-refractivity contribution in [2.24, 2.45) is 0 Å². The highest BCUT2D eigenvalue weighted by molar-refractivity contribution is 5.92. The Kier molecular flexibility index (Phi) is 5.53. The number of nitrogens with one attached hydrogen (secondary N) is 2. The van der Waals surface area contributed by atoms with Crippen molar-refractivity contribution >= 4 is 11.9 Å². The van der Waals surface area contributed by atoms with Gasteiger partial charge in [0, 0.05) is 31.2 Å². The molecule has 0 fully saturated rings. The SMILES string of the molecule is Cc1cc(C(=O)NCc2ccncc2)nc(NCc2ccccc2C)n1. The monoisotopic (exact) mass is 347 g/mol. The van der Waals surface area contributed by atoms with Crippen LogP contribution in [0.4, 0.5) is 5.95 Å². The van der Waals surface area contributed by atoms with Crippen LogP contribution in [0.2, 0.25) is 0 Å². The van der Waals surface area contributed by atoms with Crippen LogP contribution in [-0.4, -0.2) is 20.9 Å². The summed E-state index contributed by atoms with van der Waals surface area (Å²) in [6.45, 7) is 4.94. The minimum atomic E-state index is -0.230. The van der Waals surface area contributed by atoms with Crippen LogP contribution in [-0.2, 0) is 13.1 Å². The number of aromatic nitrogens is 3. The van der Waals surface area contributed by atoms with Crippen molar-refractivity contribution < 1.29 is 4.79 Å². The second-order valence-electron chi connectivity index (χ2n) is 6.04. The molecule has 2 N–H and O–H groups in total. The lowest BCUT2D eigenvalue weighted by molar-refractivity contribution is 0.0945. The first-order valence-electron chi connectivity index (χ1n) is 8.43. The van der Waals surface area contributed by atoms with Gasteiger partial charge in [-0.2, -0.15) is 0 Å². The van der Waals surface area contributed by atoms with Gasteiger partial charge >= 0.3 is 0 Å². The van der Waals surface area contributed by atoms with Crippen molar-refractivity contribution in [3.05, 3.63) is 82.9 Å². The summed E-state index contributed by atoms with van der Waals surface area (Å²) < 4.78 is 0. The number of hydrogen-bond acceptors (Lipinski definition) is 5. The first-order valence-corrected chi connectivity index (χ1v) is 8.43. The Morgan fingerprint density at radius 2 is 1.77 bits per heavy atom. The molecular weight excluding hydrogens is 326 g/mol. The molecule has 0 aliphatic heterocycles. The summed E-state index contributed by atoms with van der Waals surface area (Å²) in [5, 5.41) is 6.07. The predicted molar refractivity (Wildman–Crippen MR) is 101 cm³/mol. The number of carbonyl (C=O) groups is 1. The van der Waals surface area contributed by atoms with E-state index in [1.54, 1.807) is 18.5 Å². The van der Waals surface area contributed by atoms with E-state index in [-0.39, 0.29) is 5.91 Å². The van der Waals surface area contributed by atoms with Gasteiger partial charge in [0.1, 0.15) is 5.69 Å². The summed E-state index contributed by atoms with van der Waals surface area (Å²) in [6, 6.07) is 13.5. The molecule has 0 spiro atoms. The van der Waals surface area contributed by atoms with Gasteiger partial charge in [0.15, 0.2) is 0 Å². The molecule has 0 unspecified atom stereocenters. The van der Waals surface area contributed by atoms with E-state index in [0.717, 1.165) is 11.3 Å². The third-order valence-corrected chi connectivity index (χ3v) is 3.99. The van der Waals surface area contributed by atoms with Crippen LogP contribution in [0.1, 0.15) is 32.9 Å². The van der Waals surface area contributed by atoms with Crippen molar-refractivity contribution in [2.45, 2.75) is 26.9 Å². The van der Waals surface area contributed by atoms with E-state index in [1.165, 1.54) is 11.1 Å². The Morgan fingerprint density at radius 1 is 1.00 bits per heavy atom. The third kappa shape index (κ3) is 4.63. The van der Waals surface area contributed by atoms with Crippen LogP contribution in [0.5, 0.6) is 0 Å². The Labute approximate surface area is 152 Å². The van der Waals surface area contributed by atoms with Crippen molar-refractivity contribution in [3.63, 3.8) is 0 Å². The molecule has 0 aliphatic carbocycles. The number of nitrogens with zero attached hydrogens (tertiary/aromatic N) is 3. The standard InChI is InChI=1S/C20H21N5O/c1-14-5-3-4-6-17(14)13-23-20-24-15(2)11-18(25-20)19(26)22-12-16-7-9-21-10-8-16/h3-11H,12-13H2,1-2H3,(H,22,26)(H,23,24,25). The predicted octanol–water partition coefficient (Wildman–Crippen LogP) is 3.03.